The Morgan fingerprint density at radius 1 is 1.06 bits per heavy atom. The number of esters is 3. The van der Waals surface area contributed by atoms with Gasteiger partial charge in [0.25, 0.3) is 0 Å². The Balaban J connectivity index is 1.52. The summed E-state index contributed by atoms with van der Waals surface area (Å²) < 4.78 is 30.1. The van der Waals surface area contributed by atoms with Crippen molar-refractivity contribution in [3.63, 3.8) is 0 Å². The molecule has 3 unspecified atom stereocenters. The summed E-state index contributed by atoms with van der Waals surface area (Å²) in [7, 11) is 0. The van der Waals surface area contributed by atoms with E-state index >= 15 is 0 Å². The van der Waals surface area contributed by atoms with Crippen LogP contribution in [0.4, 0.5) is 0 Å². The summed E-state index contributed by atoms with van der Waals surface area (Å²) in [6.45, 7) is 8.06. The van der Waals surface area contributed by atoms with Crippen molar-refractivity contribution in [3.8, 4) is 23.1 Å². The Labute approximate surface area is 283 Å². The Kier molecular flexibility index (Phi) is 8.61. The fourth-order valence-electron chi connectivity index (χ4n) is 8.79. The third-order valence-electron chi connectivity index (χ3n) is 10.9. The lowest BCUT2D eigenvalue weighted by Crippen LogP contribution is -2.71. The third kappa shape index (κ3) is 5.65. The number of ether oxygens (including phenoxy) is 4. The largest absolute Gasteiger partial charge is 0.482 e. The first-order chi connectivity index (χ1) is 23.2. The molecule has 49 heavy (non-hydrogen) atoms. The molecule has 12 heteroatoms. The fourth-order valence-corrected chi connectivity index (χ4v) is 8.79. The quantitative estimate of drug-likeness (QED) is 0.277. The van der Waals surface area contributed by atoms with E-state index in [0.29, 0.717) is 18.4 Å². The van der Waals surface area contributed by atoms with E-state index in [1.165, 1.54) is 38.2 Å². The zero-order valence-corrected chi connectivity index (χ0v) is 27.9. The number of nitrogens with zero attached hydrogens (tertiary/aromatic N) is 2. The lowest BCUT2D eigenvalue weighted by Gasteiger charge is -2.66. The summed E-state index contributed by atoms with van der Waals surface area (Å²) in [5.74, 6) is -2.90. The van der Waals surface area contributed by atoms with Gasteiger partial charge in [-0.1, -0.05) is 26.0 Å². The number of carbonyl (C=O) groups is 3. The van der Waals surface area contributed by atoms with Crippen LogP contribution in [0.5, 0.6) is 5.75 Å². The third-order valence-corrected chi connectivity index (χ3v) is 10.9. The van der Waals surface area contributed by atoms with Crippen molar-refractivity contribution in [2.24, 2.45) is 22.7 Å². The van der Waals surface area contributed by atoms with Gasteiger partial charge in [-0.3, -0.25) is 14.6 Å². The van der Waals surface area contributed by atoms with Crippen LogP contribution in [0.25, 0.3) is 11.3 Å². The molecule has 2 aliphatic carbocycles. The normalized spacial score (nSPS) is 31.4. The number of hydrogen-bond acceptors (Lipinski definition) is 12. The average Bonchev–Trinajstić information content (AvgIpc) is 3.06. The van der Waals surface area contributed by atoms with Crippen molar-refractivity contribution in [2.45, 2.75) is 77.8 Å². The van der Waals surface area contributed by atoms with E-state index in [2.05, 4.69) is 4.98 Å². The van der Waals surface area contributed by atoms with E-state index in [-0.39, 0.29) is 41.2 Å². The molecule has 0 radical (unpaired) electrons. The predicted molar refractivity (Wildman–Crippen MR) is 172 cm³/mol. The van der Waals surface area contributed by atoms with Gasteiger partial charge in [-0.2, -0.15) is 5.26 Å². The summed E-state index contributed by atoms with van der Waals surface area (Å²) in [4.78, 5) is 56.0. The Morgan fingerprint density at radius 3 is 2.49 bits per heavy atom. The maximum atomic E-state index is 13.9. The lowest BCUT2D eigenvalue weighted by molar-refractivity contribution is -0.266. The number of benzene rings is 1. The first-order valence-corrected chi connectivity index (χ1v) is 16.2. The molecule has 256 valence electrons. The Morgan fingerprint density at radius 2 is 1.82 bits per heavy atom. The van der Waals surface area contributed by atoms with Gasteiger partial charge in [-0.05, 0) is 61.8 Å². The summed E-state index contributed by atoms with van der Waals surface area (Å²) in [5, 5.41) is 22.0. The second kappa shape index (κ2) is 12.5. The van der Waals surface area contributed by atoms with Gasteiger partial charge in [-0.25, -0.2) is 9.59 Å². The maximum Gasteiger partial charge on any atom is 0.345 e. The van der Waals surface area contributed by atoms with Crippen LogP contribution in [0, 0.1) is 34.0 Å². The molecular formula is C37H38N2O10. The maximum absolute atomic E-state index is 13.9. The van der Waals surface area contributed by atoms with Gasteiger partial charge >= 0.3 is 23.5 Å². The molecule has 2 fully saturated rings. The van der Waals surface area contributed by atoms with Crippen molar-refractivity contribution in [1.29, 1.82) is 5.26 Å². The SMILES string of the molecule is CC(=O)OCC1(C)C2C[C@H](OC(=O)c3ccccc3C#N)[C@@]3(C)Oc4cc(-c5cccnc5)oc(=O)c4[C@H](O)C3[C@@]2(C)CC[C@@H]1OC(C)=O. The number of rotatable bonds is 6. The predicted octanol–water partition coefficient (Wildman–Crippen LogP) is 4.92. The molecule has 3 aliphatic rings. The zero-order chi connectivity index (χ0) is 35.3. The molecule has 0 spiro atoms. The number of carbonyl (C=O) groups excluding carboxylic acids is 3. The van der Waals surface area contributed by atoms with E-state index in [1.54, 1.807) is 37.4 Å². The highest BCUT2D eigenvalue weighted by atomic mass is 16.6. The van der Waals surface area contributed by atoms with Gasteiger partial charge in [0.2, 0.25) is 0 Å². The minimum absolute atomic E-state index is 0.0545. The highest BCUT2D eigenvalue weighted by Crippen LogP contribution is 2.67. The van der Waals surface area contributed by atoms with Crippen molar-refractivity contribution in [2.75, 3.05) is 6.61 Å². The molecule has 12 nitrogen and oxygen atoms in total. The van der Waals surface area contributed by atoms with Gasteiger partial charge in [0.1, 0.15) is 47.6 Å². The highest BCUT2D eigenvalue weighted by molar-refractivity contribution is 5.92. The first kappa shape index (κ1) is 33.9. The monoisotopic (exact) mass is 670 g/mol. The van der Waals surface area contributed by atoms with Crippen LogP contribution in [-0.4, -0.2) is 52.4 Å². The fraction of sp³-hybridized carbons (Fsp3) is 0.459. The number of pyridine rings is 1. The molecule has 0 amide bonds. The first-order valence-electron chi connectivity index (χ1n) is 16.2. The number of aliphatic hydroxyl groups excluding tert-OH is 1. The molecule has 0 saturated heterocycles. The molecule has 3 aromatic rings. The molecule has 8 atom stereocenters. The summed E-state index contributed by atoms with van der Waals surface area (Å²) >= 11 is 0. The second-order valence-electron chi connectivity index (χ2n) is 13.9. The molecule has 6 rings (SSSR count). The van der Waals surface area contributed by atoms with Crippen LogP contribution >= 0.6 is 0 Å². The molecule has 1 N–H and O–H groups in total. The number of aliphatic hydroxyl groups is 1. The minimum atomic E-state index is -1.43. The number of hydrogen-bond donors (Lipinski definition) is 1. The van der Waals surface area contributed by atoms with Crippen LogP contribution in [0.3, 0.4) is 0 Å². The van der Waals surface area contributed by atoms with E-state index < -0.39 is 70.1 Å². The topological polar surface area (TPSA) is 175 Å². The summed E-state index contributed by atoms with van der Waals surface area (Å²) in [6, 6.07) is 13.2. The standard InChI is InChI=1S/C37H38N2O10/c1-20(40)45-19-36(4)27-16-29(48-33(43)24-11-7-6-9-22(24)17-38)37(5)32(35(27,3)13-12-28(36)46-21(2)41)31(42)30-26(49-37)15-25(47-34(30)44)23-10-8-14-39-18-23/h6-11,14-15,18,27-29,31-32,42H,12-13,16,19H2,1-5H3/t27?,28-,29-,31-,32?,35-,36?,37+/m0/s1. The molecule has 0 bridgehead atoms. The highest BCUT2D eigenvalue weighted by Gasteiger charge is 2.71. The summed E-state index contributed by atoms with van der Waals surface area (Å²) in [6.07, 6.45) is 0.894. The van der Waals surface area contributed by atoms with Crippen molar-refractivity contribution >= 4 is 17.9 Å². The van der Waals surface area contributed by atoms with Crippen molar-refractivity contribution < 1.29 is 42.9 Å². The second-order valence-corrected chi connectivity index (χ2v) is 13.9. The van der Waals surface area contributed by atoms with Crippen LogP contribution in [0.15, 0.2) is 64.1 Å². The molecule has 3 heterocycles. The number of fused-ring (bicyclic) bond motifs is 4. The van der Waals surface area contributed by atoms with Crippen molar-refractivity contribution in [3.05, 3.63) is 82.0 Å². The van der Waals surface area contributed by atoms with Crippen LogP contribution in [0.1, 0.15) is 81.5 Å². The van der Waals surface area contributed by atoms with Gasteiger partial charge < -0.3 is 28.5 Å². The Bertz CT molecular complexity index is 1900. The van der Waals surface area contributed by atoms with Gasteiger partial charge in [0.05, 0.1) is 17.2 Å². The van der Waals surface area contributed by atoms with Gasteiger partial charge in [0, 0.05) is 49.2 Å². The average molecular weight is 671 g/mol. The number of aromatic nitrogens is 1. The molecule has 1 aliphatic heterocycles. The number of nitriles is 1. The van der Waals surface area contributed by atoms with E-state index in [1.807, 2.05) is 19.9 Å². The minimum Gasteiger partial charge on any atom is -0.482 e. The molecule has 1 aromatic carbocycles. The zero-order valence-electron chi connectivity index (χ0n) is 27.9. The van der Waals surface area contributed by atoms with Crippen LogP contribution in [-0.2, 0) is 23.8 Å². The molecule has 2 aromatic heterocycles. The van der Waals surface area contributed by atoms with E-state index in [0.717, 1.165) is 0 Å². The van der Waals surface area contributed by atoms with Crippen LogP contribution < -0.4 is 10.4 Å². The van der Waals surface area contributed by atoms with E-state index in [4.69, 9.17) is 23.4 Å². The van der Waals surface area contributed by atoms with Gasteiger partial charge in [-0.15, -0.1) is 0 Å². The Hall–Kier alpha value is -5.02. The lowest BCUT2D eigenvalue weighted by atomic mass is 9.42. The smallest absolute Gasteiger partial charge is 0.345 e. The van der Waals surface area contributed by atoms with Crippen molar-refractivity contribution in [1.82, 2.24) is 4.98 Å². The summed E-state index contributed by atoms with van der Waals surface area (Å²) in [5.41, 5.74) is -3.41. The molecular weight excluding hydrogens is 632 g/mol. The van der Waals surface area contributed by atoms with Crippen LogP contribution in [0.2, 0.25) is 0 Å². The van der Waals surface area contributed by atoms with Gasteiger partial charge in [0.15, 0.2) is 0 Å². The van der Waals surface area contributed by atoms with E-state index in [9.17, 15) is 29.5 Å². The molecule has 2 saturated carbocycles.